The first kappa shape index (κ1) is 14.5. The minimum absolute atomic E-state index is 0.324. The van der Waals surface area contributed by atoms with Crippen molar-refractivity contribution in [2.75, 3.05) is 4.72 Å². The van der Waals surface area contributed by atoms with Crippen molar-refractivity contribution in [2.24, 2.45) is 0 Å². The molecular weight excluding hydrogens is 284 g/mol. The lowest BCUT2D eigenvalue weighted by atomic mass is 10.1. The van der Waals surface area contributed by atoms with E-state index < -0.39 is 21.7 Å². The molecule has 0 fully saturated rings. The smallest absolute Gasteiger partial charge is 0.261 e. The molecule has 0 aromatic heterocycles. The number of hydrogen-bond donors (Lipinski definition) is 1. The summed E-state index contributed by atoms with van der Waals surface area (Å²) in [6, 6.07) is 7.51. The van der Waals surface area contributed by atoms with Gasteiger partial charge in [-0.1, -0.05) is 6.07 Å². The van der Waals surface area contributed by atoms with Crippen molar-refractivity contribution in [3.63, 3.8) is 0 Å². The SMILES string of the molecule is Cc1ccc(NS(=O)(=O)c2ccc(F)c(F)c2)cc1C. The molecule has 6 heteroatoms. The molecule has 0 amide bonds. The fraction of sp³-hybridized carbons (Fsp3) is 0.143. The summed E-state index contributed by atoms with van der Waals surface area (Å²) in [4.78, 5) is -0.324. The summed E-state index contributed by atoms with van der Waals surface area (Å²) >= 11 is 0. The molecule has 0 unspecified atom stereocenters. The third kappa shape index (κ3) is 2.96. The van der Waals surface area contributed by atoms with Gasteiger partial charge in [-0.2, -0.15) is 0 Å². The van der Waals surface area contributed by atoms with Gasteiger partial charge in [0.15, 0.2) is 11.6 Å². The second kappa shape index (κ2) is 5.20. The zero-order valence-corrected chi connectivity index (χ0v) is 11.8. The van der Waals surface area contributed by atoms with Crippen LogP contribution in [0.25, 0.3) is 0 Å². The molecule has 0 heterocycles. The molecule has 106 valence electrons. The van der Waals surface area contributed by atoms with Gasteiger partial charge in [0.05, 0.1) is 4.90 Å². The first-order chi connectivity index (χ1) is 9.29. The van der Waals surface area contributed by atoms with Crippen molar-refractivity contribution in [3.8, 4) is 0 Å². The highest BCUT2D eigenvalue weighted by molar-refractivity contribution is 7.92. The van der Waals surface area contributed by atoms with Crippen molar-refractivity contribution in [1.82, 2.24) is 0 Å². The highest BCUT2D eigenvalue weighted by Gasteiger charge is 2.16. The van der Waals surface area contributed by atoms with Crippen LogP contribution in [0, 0.1) is 25.5 Å². The van der Waals surface area contributed by atoms with Crippen LogP contribution in [0.2, 0.25) is 0 Å². The summed E-state index contributed by atoms with van der Waals surface area (Å²) in [5.41, 5.74) is 2.33. The van der Waals surface area contributed by atoms with E-state index in [2.05, 4.69) is 4.72 Å². The Hall–Kier alpha value is -1.95. The minimum Gasteiger partial charge on any atom is -0.280 e. The first-order valence-electron chi connectivity index (χ1n) is 5.85. The highest BCUT2D eigenvalue weighted by atomic mass is 32.2. The van der Waals surface area contributed by atoms with Crippen LogP contribution < -0.4 is 4.72 Å². The molecule has 0 aliphatic heterocycles. The average molecular weight is 297 g/mol. The molecular formula is C14H13F2NO2S. The van der Waals surface area contributed by atoms with Crippen molar-refractivity contribution in [1.29, 1.82) is 0 Å². The zero-order valence-electron chi connectivity index (χ0n) is 10.9. The van der Waals surface area contributed by atoms with Gasteiger partial charge in [0.1, 0.15) is 0 Å². The minimum atomic E-state index is -3.94. The molecule has 2 aromatic carbocycles. The van der Waals surface area contributed by atoms with Gasteiger partial charge in [-0.25, -0.2) is 17.2 Å². The maximum absolute atomic E-state index is 13.1. The van der Waals surface area contributed by atoms with Crippen LogP contribution in [0.15, 0.2) is 41.3 Å². The van der Waals surface area contributed by atoms with Gasteiger partial charge in [-0.05, 0) is 55.3 Å². The van der Waals surface area contributed by atoms with Crippen LogP contribution in [0.5, 0.6) is 0 Å². The largest absolute Gasteiger partial charge is 0.280 e. The van der Waals surface area contributed by atoms with Crippen LogP contribution in [-0.2, 0) is 10.0 Å². The Labute approximate surface area is 116 Å². The first-order valence-corrected chi connectivity index (χ1v) is 7.33. The molecule has 0 saturated carbocycles. The number of halogens is 2. The van der Waals surface area contributed by atoms with E-state index in [1.54, 1.807) is 18.2 Å². The Morgan fingerprint density at radius 1 is 0.900 bits per heavy atom. The van der Waals surface area contributed by atoms with Crippen LogP contribution in [0.4, 0.5) is 14.5 Å². The average Bonchev–Trinajstić information content (AvgIpc) is 2.37. The topological polar surface area (TPSA) is 46.2 Å². The van der Waals surface area contributed by atoms with Crippen molar-refractivity contribution in [3.05, 3.63) is 59.2 Å². The summed E-state index contributed by atoms with van der Waals surface area (Å²) in [6.07, 6.45) is 0. The quantitative estimate of drug-likeness (QED) is 0.944. The summed E-state index contributed by atoms with van der Waals surface area (Å²) < 4.78 is 52.4. The normalized spacial score (nSPS) is 11.4. The van der Waals surface area contributed by atoms with Crippen LogP contribution >= 0.6 is 0 Å². The molecule has 0 aliphatic carbocycles. The van der Waals surface area contributed by atoms with Crippen molar-refractivity contribution >= 4 is 15.7 Å². The van der Waals surface area contributed by atoms with E-state index in [1.165, 1.54) is 0 Å². The molecule has 0 saturated heterocycles. The van der Waals surface area contributed by atoms with E-state index in [0.717, 1.165) is 23.3 Å². The lowest BCUT2D eigenvalue weighted by molar-refractivity contribution is 0.504. The number of anilines is 1. The van der Waals surface area contributed by atoms with Crippen molar-refractivity contribution in [2.45, 2.75) is 18.7 Å². The summed E-state index contributed by atoms with van der Waals surface area (Å²) in [5.74, 6) is -2.29. The van der Waals surface area contributed by atoms with E-state index in [0.29, 0.717) is 11.8 Å². The number of benzene rings is 2. The van der Waals surface area contributed by atoms with Gasteiger partial charge in [0.2, 0.25) is 0 Å². The predicted octanol–water partition coefficient (Wildman–Crippen LogP) is 3.38. The monoisotopic (exact) mass is 297 g/mol. The van der Waals surface area contributed by atoms with Gasteiger partial charge < -0.3 is 0 Å². The number of sulfonamides is 1. The lowest BCUT2D eigenvalue weighted by Crippen LogP contribution is -2.13. The van der Waals surface area contributed by atoms with Crippen LogP contribution in [-0.4, -0.2) is 8.42 Å². The number of hydrogen-bond acceptors (Lipinski definition) is 2. The Balaban J connectivity index is 2.35. The van der Waals surface area contributed by atoms with Crippen molar-refractivity contribution < 1.29 is 17.2 Å². The summed E-state index contributed by atoms with van der Waals surface area (Å²) in [7, 11) is -3.94. The van der Waals surface area contributed by atoms with Gasteiger partial charge in [0.25, 0.3) is 10.0 Å². The molecule has 0 radical (unpaired) electrons. The standard InChI is InChI=1S/C14H13F2NO2S/c1-9-3-4-11(7-10(9)2)17-20(18,19)12-5-6-13(15)14(16)8-12/h3-8,17H,1-2H3. The van der Waals surface area contributed by atoms with Crippen LogP contribution in [0.3, 0.4) is 0 Å². The van der Waals surface area contributed by atoms with E-state index in [4.69, 9.17) is 0 Å². The molecule has 20 heavy (non-hydrogen) atoms. The molecule has 2 rings (SSSR count). The molecule has 0 spiro atoms. The Morgan fingerprint density at radius 3 is 2.20 bits per heavy atom. The van der Waals surface area contributed by atoms with E-state index in [-0.39, 0.29) is 4.90 Å². The molecule has 2 aromatic rings. The predicted molar refractivity (Wildman–Crippen MR) is 73.1 cm³/mol. The second-order valence-corrected chi connectivity index (χ2v) is 6.16. The lowest BCUT2D eigenvalue weighted by Gasteiger charge is -2.10. The van der Waals surface area contributed by atoms with Gasteiger partial charge in [0, 0.05) is 5.69 Å². The fourth-order valence-electron chi connectivity index (χ4n) is 1.66. The Morgan fingerprint density at radius 2 is 1.60 bits per heavy atom. The summed E-state index contributed by atoms with van der Waals surface area (Å²) in [5, 5.41) is 0. The third-order valence-corrected chi connectivity index (χ3v) is 4.34. The molecule has 0 bridgehead atoms. The van der Waals surface area contributed by atoms with E-state index in [1.807, 2.05) is 13.8 Å². The number of rotatable bonds is 3. The van der Waals surface area contributed by atoms with Crippen LogP contribution in [0.1, 0.15) is 11.1 Å². The van der Waals surface area contributed by atoms with Gasteiger partial charge in [-0.15, -0.1) is 0 Å². The number of nitrogens with one attached hydrogen (secondary N) is 1. The molecule has 1 N–H and O–H groups in total. The van der Waals surface area contributed by atoms with Gasteiger partial charge >= 0.3 is 0 Å². The van der Waals surface area contributed by atoms with E-state index >= 15 is 0 Å². The Kier molecular flexibility index (Phi) is 3.76. The highest BCUT2D eigenvalue weighted by Crippen LogP contribution is 2.20. The maximum Gasteiger partial charge on any atom is 0.261 e. The zero-order chi connectivity index (χ0) is 14.9. The van der Waals surface area contributed by atoms with Gasteiger partial charge in [-0.3, -0.25) is 4.72 Å². The van der Waals surface area contributed by atoms with E-state index in [9.17, 15) is 17.2 Å². The fourth-order valence-corrected chi connectivity index (χ4v) is 2.72. The molecule has 0 atom stereocenters. The molecule has 0 aliphatic rings. The second-order valence-electron chi connectivity index (χ2n) is 4.48. The third-order valence-electron chi connectivity index (χ3n) is 2.96. The Bertz CT molecular complexity index is 758. The maximum atomic E-state index is 13.1. The molecule has 3 nitrogen and oxygen atoms in total. The number of aryl methyl sites for hydroxylation is 2. The summed E-state index contributed by atoms with van der Waals surface area (Å²) in [6.45, 7) is 3.76.